The molecule has 0 atom stereocenters. The molecule has 2 saturated heterocycles. The van der Waals surface area contributed by atoms with Crippen LogP contribution >= 0.6 is 23.1 Å². The number of anilines is 1. The summed E-state index contributed by atoms with van der Waals surface area (Å²) in [5.41, 5.74) is 2.70. The number of ketones is 1. The lowest BCUT2D eigenvalue weighted by Gasteiger charge is -2.39. The first kappa shape index (κ1) is 24.5. The maximum atomic E-state index is 13.6. The number of nitrogens with zero attached hydrogens (tertiary/aromatic N) is 2. The second kappa shape index (κ2) is 9.80. The van der Waals surface area contributed by atoms with E-state index in [0.717, 1.165) is 81.9 Å². The molecule has 8 heteroatoms. The SMILES string of the molecule is CSc1sc(C(=O)N2CCC3(CCN(C(=O)Nc4cccc5ccccc45)CC3)C2)c2c1C(=O)CCC2. The highest BCUT2D eigenvalue weighted by Crippen LogP contribution is 2.44. The van der Waals surface area contributed by atoms with Gasteiger partial charge >= 0.3 is 6.03 Å². The molecular formula is C29H31N3O3S2. The van der Waals surface area contributed by atoms with Gasteiger partial charge in [0.05, 0.1) is 14.8 Å². The average Bonchev–Trinajstić information content (AvgIpc) is 3.51. The van der Waals surface area contributed by atoms with Crippen LogP contribution in [-0.4, -0.2) is 60.0 Å². The van der Waals surface area contributed by atoms with Crippen molar-refractivity contribution in [3.05, 3.63) is 58.5 Å². The Kier molecular flexibility index (Phi) is 6.49. The molecular weight excluding hydrogens is 502 g/mol. The van der Waals surface area contributed by atoms with Gasteiger partial charge in [-0.1, -0.05) is 36.4 Å². The Bertz CT molecular complexity index is 1390. The van der Waals surface area contributed by atoms with E-state index in [2.05, 4.69) is 17.4 Å². The number of thiophene rings is 1. The summed E-state index contributed by atoms with van der Waals surface area (Å²) in [4.78, 5) is 43.9. The van der Waals surface area contributed by atoms with Crippen LogP contribution in [0.1, 0.15) is 57.7 Å². The second-order valence-corrected chi connectivity index (χ2v) is 12.6. The number of fused-ring (bicyclic) bond motifs is 2. The van der Waals surface area contributed by atoms with Crippen LogP contribution in [0.15, 0.2) is 46.7 Å². The van der Waals surface area contributed by atoms with Crippen LogP contribution in [0.4, 0.5) is 10.5 Å². The molecule has 1 aromatic heterocycles. The number of nitrogens with one attached hydrogen (secondary N) is 1. The Labute approximate surface area is 225 Å². The monoisotopic (exact) mass is 533 g/mol. The summed E-state index contributed by atoms with van der Waals surface area (Å²) in [5, 5.41) is 5.26. The standard InChI is InChI=1S/C29H31N3O3S2/c1-36-27-24-21(9-5-11-23(24)33)25(37-27)26(34)32-17-14-29(18-32)12-15-31(16-13-29)28(35)30-22-10-4-7-19-6-2-3-8-20(19)22/h2-4,6-8,10H,5,9,11-18H2,1H3,(H,30,35). The quantitative estimate of drug-likeness (QED) is 0.401. The summed E-state index contributed by atoms with van der Waals surface area (Å²) in [7, 11) is 0. The summed E-state index contributed by atoms with van der Waals surface area (Å²) < 4.78 is 0.988. The highest BCUT2D eigenvalue weighted by molar-refractivity contribution is 8.00. The molecule has 192 valence electrons. The fourth-order valence-electron chi connectivity index (χ4n) is 6.20. The van der Waals surface area contributed by atoms with Gasteiger partial charge in [-0.05, 0) is 60.8 Å². The number of carbonyl (C=O) groups is 3. The highest BCUT2D eigenvalue weighted by atomic mass is 32.2. The number of piperidine rings is 1. The zero-order valence-electron chi connectivity index (χ0n) is 21.0. The molecule has 6 rings (SSSR count). The van der Waals surface area contributed by atoms with Gasteiger partial charge in [-0.15, -0.1) is 23.1 Å². The number of amides is 3. The minimum Gasteiger partial charge on any atom is -0.337 e. The largest absolute Gasteiger partial charge is 0.337 e. The zero-order chi connectivity index (χ0) is 25.6. The number of hydrogen-bond donors (Lipinski definition) is 1. The van der Waals surface area contributed by atoms with E-state index in [4.69, 9.17) is 0 Å². The van der Waals surface area contributed by atoms with Crippen molar-refractivity contribution in [3.8, 4) is 0 Å². The van der Waals surface area contributed by atoms with Crippen molar-refractivity contribution in [2.75, 3.05) is 37.8 Å². The molecule has 0 bridgehead atoms. The number of urea groups is 1. The van der Waals surface area contributed by atoms with E-state index in [-0.39, 0.29) is 23.1 Å². The maximum Gasteiger partial charge on any atom is 0.321 e. The van der Waals surface area contributed by atoms with Crippen LogP contribution in [0.5, 0.6) is 0 Å². The Morgan fingerprint density at radius 2 is 1.70 bits per heavy atom. The molecule has 37 heavy (non-hydrogen) atoms. The van der Waals surface area contributed by atoms with Gasteiger partial charge in [-0.2, -0.15) is 0 Å². The summed E-state index contributed by atoms with van der Waals surface area (Å²) >= 11 is 3.08. The molecule has 1 N–H and O–H groups in total. The molecule has 2 aliphatic heterocycles. The highest BCUT2D eigenvalue weighted by Gasteiger charge is 2.44. The predicted octanol–water partition coefficient (Wildman–Crippen LogP) is 6.30. The number of Topliss-reactive ketones (excluding diaryl/α,β-unsaturated/α-hetero) is 1. The lowest BCUT2D eigenvalue weighted by molar-refractivity contribution is 0.0743. The fourth-order valence-corrected chi connectivity index (χ4v) is 8.30. The van der Waals surface area contributed by atoms with Gasteiger partial charge in [-0.25, -0.2) is 4.79 Å². The van der Waals surface area contributed by atoms with Gasteiger partial charge in [0.25, 0.3) is 5.91 Å². The van der Waals surface area contributed by atoms with Crippen molar-refractivity contribution >= 4 is 57.3 Å². The third kappa shape index (κ3) is 4.44. The van der Waals surface area contributed by atoms with Crippen LogP contribution in [0.3, 0.4) is 0 Å². The van der Waals surface area contributed by atoms with Crippen LogP contribution in [0.2, 0.25) is 0 Å². The van der Waals surface area contributed by atoms with Gasteiger partial charge in [0.2, 0.25) is 0 Å². The van der Waals surface area contributed by atoms with Gasteiger partial charge in [0.1, 0.15) is 0 Å². The fraction of sp³-hybridized carbons (Fsp3) is 0.414. The van der Waals surface area contributed by atoms with Gasteiger partial charge in [0, 0.05) is 43.5 Å². The molecule has 3 aliphatic rings. The molecule has 1 aliphatic carbocycles. The van der Waals surface area contributed by atoms with Crippen LogP contribution in [0, 0.1) is 5.41 Å². The van der Waals surface area contributed by atoms with Crippen molar-refractivity contribution in [2.24, 2.45) is 5.41 Å². The number of hydrogen-bond acceptors (Lipinski definition) is 5. The van der Waals surface area contributed by atoms with E-state index < -0.39 is 0 Å². The van der Waals surface area contributed by atoms with Crippen molar-refractivity contribution in [1.82, 2.24) is 9.80 Å². The number of carbonyl (C=O) groups excluding carboxylic acids is 3. The smallest absolute Gasteiger partial charge is 0.321 e. The zero-order valence-corrected chi connectivity index (χ0v) is 22.7. The lowest BCUT2D eigenvalue weighted by atomic mass is 9.78. The summed E-state index contributed by atoms with van der Waals surface area (Å²) in [6.45, 7) is 2.87. The van der Waals surface area contributed by atoms with Crippen LogP contribution < -0.4 is 5.32 Å². The van der Waals surface area contributed by atoms with Crippen molar-refractivity contribution in [1.29, 1.82) is 0 Å². The molecule has 6 nitrogen and oxygen atoms in total. The van der Waals surface area contributed by atoms with Crippen LogP contribution in [-0.2, 0) is 6.42 Å². The second-order valence-electron chi connectivity index (χ2n) is 10.5. The Hall–Kier alpha value is -2.84. The lowest BCUT2D eigenvalue weighted by Crippen LogP contribution is -2.46. The van der Waals surface area contributed by atoms with E-state index in [1.165, 1.54) is 11.3 Å². The van der Waals surface area contributed by atoms with E-state index in [9.17, 15) is 14.4 Å². The molecule has 3 amide bonds. The first-order valence-electron chi connectivity index (χ1n) is 13.0. The molecule has 3 aromatic rings. The molecule has 2 aromatic carbocycles. The predicted molar refractivity (Wildman–Crippen MR) is 150 cm³/mol. The van der Waals surface area contributed by atoms with E-state index >= 15 is 0 Å². The molecule has 0 saturated carbocycles. The topological polar surface area (TPSA) is 69.7 Å². The minimum atomic E-state index is -0.0587. The summed E-state index contributed by atoms with van der Waals surface area (Å²) in [5.74, 6) is 0.275. The summed E-state index contributed by atoms with van der Waals surface area (Å²) in [6, 6.07) is 14.0. The molecule has 0 unspecified atom stereocenters. The first-order valence-corrected chi connectivity index (χ1v) is 15.1. The number of rotatable bonds is 3. The van der Waals surface area contributed by atoms with Crippen LogP contribution in [0.25, 0.3) is 10.8 Å². The van der Waals surface area contributed by atoms with Crippen molar-refractivity contribution in [2.45, 2.75) is 42.7 Å². The first-order chi connectivity index (χ1) is 18.0. The third-order valence-corrected chi connectivity index (χ3v) is 10.7. The Balaban J connectivity index is 1.11. The maximum absolute atomic E-state index is 13.6. The summed E-state index contributed by atoms with van der Waals surface area (Å²) in [6.07, 6.45) is 6.99. The number of thioether (sulfide) groups is 1. The van der Waals surface area contributed by atoms with E-state index in [0.29, 0.717) is 19.5 Å². The molecule has 1 spiro atoms. The normalized spacial score (nSPS) is 18.9. The number of benzene rings is 2. The van der Waals surface area contributed by atoms with Gasteiger partial charge in [-0.3, -0.25) is 9.59 Å². The van der Waals surface area contributed by atoms with Gasteiger partial charge < -0.3 is 15.1 Å². The van der Waals surface area contributed by atoms with Crippen molar-refractivity contribution in [3.63, 3.8) is 0 Å². The average molecular weight is 534 g/mol. The minimum absolute atomic E-state index is 0.0587. The van der Waals surface area contributed by atoms with E-state index in [1.54, 1.807) is 11.8 Å². The Morgan fingerprint density at radius 1 is 0.973 bits per heavy atom. The van der Waals surface area contributed by atoms with E-state index in [1.807, 2.05) is 46.4 Å². The van der Waals surface area contributed by atoms with Crippen molar-refractivity contribution < 1.29 is 14.4 Å². The molecule has 3 heterocycles. The third-order valence-electron chi connectivity index (χ3n) is 8.33. The van der Waals surface area contributed by atoms with Gasteiger partial charge in [0.15, 0.2) is 5.78 Å². The molecule has 2 fully saturated rings. The Morgan fingerprint density at radius 3 is 2.49 bits per heavy atom. The molecule has 0 radical (unpaired) electrons. The number of likely N-dealkylation sites (tertiary alicyclic amines) is 2.